The number of carbonyl (C=O) groups excluding carboxylic acids is 1. The predicted molar refractivity (Wildman–Crippen MR) is 105 cm³/mol. The molecule has 3 rings (SSSR count). The monoisotopic (exact) mass is 343 g/mol. The van der Waals surface area contributed by atoms with Gasteiger partial charge in [0.15, 0.2) is 0 Å². The number of nitrogens with zero attached hydrogens (tertiary/aromatic N) is 2. The number of piperidine rings is 1. The smallest absolute Gasteiger partial charge is 0.227 e. The summed E-state index contributed by atoms with van der Waals surface area (Å²) < 4.78 is 0. The minimum atomic E-state index is 0.256. The van der Waals surface area contributed by atoms with Crippen LogP contribution in [0, 0.1) is 5.92 Å². The number of hydrogen-bond donors (Lipinski definition) is 1. The van der Waals surface area contributed by atoms with Crippen LogP contribution in [0.4, 0.5) is 11.4 Å². The van der Waals surface area contributed by atoms with Gasteiger partial charge in [0.05, 0.1) is 0 Å². The number of amides is 1. The Kier molecular flexibility index (Phi) is 5.67. The molecule has 0 spiro atoms. The lowest BCUT2D eigenvalue weighted by atomic mass is 10.00. The fourth-order valence-corrected chi connectivity index (χ4v) is 3.92. The molecule has 0 radical (unpaired) electrons. The Balaban J connectivity index is 1.56. The number of hydrogen-bond acceptors (Lipinski definition) is 3. The molecular weight excluding hydrogens is 310 g/mol. The van der Waals surface area contributed by atoms with Crippen molar-refractivity contribution in [1.82, 2.24) is 5.32 Å². The Morgan fingerprint density at radius 3 is 2.12 bits per heavy atom. The van der Waals surface area contributed by atoms with Crippen molar-refractivity contribution in [1.29, 1.82) is 0 Å². The molecule has 0 saturated carbocycles. The van der Waals surface area contributed by atoms with Crippen LogP contribution in [-0.4, -0.2) is 37.1 Å². The summed E-state index contributed by atoms with van der Waals surface area (Å²) in [6.07, 6.45) is 4.04. The Morgan fingerprint density at radius 2 is 1.60 bits per heavy atom. The maximum absolute atomic E-state index is 12.1. The first-order valence-electron chi connectivity index (χ1n) is 9.89. The number of nitrogens with one attached hydrogen (secondary N) is 1. The molecule has 1 amide bonds. The number of anilines is 2. The van der Waals surface area contributed by atoms with Gasteiger partial charge in [-0.1, -0.05) is 13.8 Å². The van der Waals surface area contributed by atoms with Gasteiger partial charge in [-0.05, 0) is 63.3 Å². The van der Waals surface area contributed by atoms with Crippen LogP contribution in [-0.2, 0) is 4.79 Å². The van der Waals surface area contributed by atoms with Gasteiger partial charge in [-0.2, -0.15) is 0 Å². The second-order valence-electron chi connectivity index (χ2n) is 8.13. The molecule has 1 N–H and O–H groups in total. The normalized spacial score (nSPS) is 23.6. The predicted octanol–water partition coefficient (Wildman–Crippen LogP) is 3.80. The van der Waals surface area contributed by atoms with E-state index in [1.165, 1.54) is 18.5 Å². The highest BCUT2D eigenvalue weighted by Crippen LogP contribution is 2.29. The van der Waals surface area contributed by atoms with E-state index in [9.17, 15) is 4.79 Å². The van der Waals surface area contributed by atoms with Crippen molar-refractivity contribution < 1.29 is 4.79 Å². The molecule has 25 heavy (non-hydrogen) atoms. The molecule has 0 bridgehead atoms. The third-order valence-corrected chi connectivity index (χ3v) is 5.97. The van der Waals surface area contributed by atoms with E-state index in [0.717, 1.165) is 25.2 Å². The maximum Gasteiger partial charge on any atom is 0.227 e. The average molecular weight is 344 g/mol. The van der Waals surface area contributed by atoms with Gasteiger partial charge in [0.1, 0.15) is 0 Å². The molecule has 2 heterocycles. The zero-order valence-corrected chi connectivity index (χ0v) is 16.2. The van der Waals surface area contributed by atoms with Crippen LogP contribution < -0.4 is 15.1 Å². The average Bonchev–Trinajstić information content (AvgIpc) is 2.94. The van der Waals surface area contributed by atoms with Crippen LogP contribution in [0.1, 0.15) is 53.4 Å². The van der Waals surface area contributed by atoms with Crippen LogP contribution in [0.3, 0.4) is 0 Å². The van der Waals surface area contributed by atoms with Gasteiger partial charge in [-0.15, -0.1) is 0 Å². The molecule has 1 aromatic rings. The van der Waals surface area contributed by atoms with Gasteiger partial charge in [0.25, 0.3) is 0 Å². The van der Waals surface area contributed by atoms with Gasteiger partial charge in [-0.3, -0.25) is 4.79 Å². The van der Waals surface area contributed by atoms with Crippen molar-refractivity contribution in [2.45, 2.75) is 71.5 Å². The van der Waals surface area contributed by atoms with Crippen molar-refractivity contribution in [3.05, 3.63) is 24.3 Å². The molecule has 2 aliphatic rings. The third-order valence-electron chi connectivity index (χ3n) is 5.97. The second kappa shape index (κ2) is 7.77. The van der Waals surface area contributed by atoms with E-state index < -0.39 is 0 Å². The lowest BCUT2D eigenvalue weighted by Crippen LogP contribution is -2.46. The molecule has 2 atom stereocenters. The molecule has 4 nitrogen and oxygen atoms in total. The van der Waals surface area contributed by atoms with Crippen molar-refractivity contribution in [2.24, 2.45) is 5.92 Å². The summed E-state index contributed by atoms with van der Waals surface area (Å²) in [7, 11) is 0. The first-order chi connectivity index (χ1) is 12.0. The molecule has 138 valence electrons. The zero-order chi connectivity index (χ0) is 18.0. The Labute approximate surface area is 152 Å². The van der Waals surface area contributed by atoms with E-state index in [0.29, 0.717) is 30.5 Å². The first kappa shape index (κ1) is 18.2. The molecule has 2 aliphatic heterocycles. The molecule has 2 saturated heterocycles. The lowest BCUT2D eigenvalue weighted by Gasteiger charge is -2.36. The van der Waals surface area contributed by atoms with Gasteiger partial charge in [0.2, 0.25) is 5.91 Å². The highest BCUT2D eigenvalue weighted by Gasteiger charge is 2.29. The van der Waals surface area contributed by atoms with E-state index in [1.807, 2.05) is 4.90 Å². The van der Waals surface area contributed by atoms with Crippen molar-refractivity contribution >= 4 is 17.3 Å². The summed E-state index contributed by atoms with van der Waals surface area (Å²) in [5.41, 5.74) is 2.32. The summed E-state index contributed by atoms with van der Waals surface area (Å²) >= 11 is 0. The zero-order valence-electron chi connectivity index (χ0n) is 16.2. The molecule has 0 aromatic heterocycles. The summed E-state index contributed by atoms with van der Waals surface area (Å²) in [5.74, 6) is 0.938. The minimum absolute atomic E-state index is 0.256. The quantitative estimate of drug-likeness (QED) is 0.883. The van der Waals surface area contributed by atoms with Gasteiger partial charge >= 0.3 is 0 Å². The summed E-state index contributed by atoms with van der Waals surface area (Å²) in [6.45, 7) is 11.2. The Morgan fingerprint density at radius 1 is 1.00 bits per heavy atom. The lowest BCUT2D eigenvalue weighted by molar-refractivity contribution is -0.117. The highest BCUT2D eigenvalue weighted by molar-refractivity contribution is 5.96. The van der Waals surface area contributed by atoms with E-state index in [2.05, 4.69) is 62.2 Å². The molecule has 4 heteroatoms. The summed E-state index contributed by atoms with van der Waals surface area (Å²) in [5, 5.41) is 3.78. The largest absolute Gasteiger partial charge is 0.371 e. The van der Waals surface area contributed by atoms with Crippen LogP contribution in [0.25, 0.3) is 0 Å². The van der Waals surface area contributed by atoms with E-state index in [-0.39, 0.29) is 5.91 Å². The third kappa shape index (κ3) is 4.17. The summed E-state index contributed by atoms with van der Waals surface area (Å²) in [4.78, 5) is 16.5. The topological polar surface area (TPSA) is 35.6 Å². The van der Waals surface area contributed by atoms with Gasteiger partial charge in [-0.25, -0.2) is 0 Å². The van der Waals surface area contributed by atoms with Crippen molar-refractivity contribution in [3.63, 3.8) is 0 Å². The van der Waals surface area contributed by atoms with Gasteiger partial charge < -0.3 is 15.1 Å². The summed E-state index contributed by atoms with van der Waals surface area (Å²) in [6, 6.07) is 10.1. The standard InChI is InChI=1S/C21H33N3O/c1-15(2)17(4)22-18-11-13-23(14-12-18)19-6-8-20(9-7-19)24-16(3)5-10-21(24)25/h6-9,15-18,22H,5,10-14H2,1-4H3/t16?,17-/m0/s1. The minimum Gasteiger partial charge on any atom is -0.371 e. The van der Waals surface area contributed by atoms with E-state index in [4.69, 9.17) is 0 Å². The van der Waals surface area contributed by atoms with Crippen LogP contribution in [0.15, 0.2) is 24.3 Å². The molecule has 1 unspecified atom stereocenters. The Hall–Kier alpha value is -1.55. The van der Waals surface area contributed by atoms with Crippen LogP contribution in [0.5, 0.6) is 0 Å². The van der Waals surface area contributed by atoms with Crippen molar-refractivity contribution in [3.8, 4) is 0 Å². The SMILES string of the molecule is CC(C)[C@H](C)NC1CCN(c2ccc(N3C(=O)CCC3C)cc2)CC1. The van der Waals surface area contributed by atoms with E-state index >= 15 is 0 Å². The molecule has 0 aliphatic carbocycles. The number of carbonyl (C=O) groups is 1. The maximum atomic E-state index is 12.1. The van der Waals surface area contributed by atoms with Crippen LogP contribution in [0.2, 0.25) is 0 Å². The van der Waals surface area contributed by atoms with Crippen LogP contribution >= 0.6 is 0 Å². The van der Waals surface area contributed by atoms with E-state index in [1.54, 1.807) is 0 Å². The molecular formula is C21H33N3O. The number of benzene rings is 1. The number of rotatable bonds is 5. The first-order valence-corrected chi connectivity index (χ1v) is 9.89. The van der Waals surface area contributed by atoms with Gasteiger partial charge in [0, 0.05) is 49.0 Å². The Bertz CT molecular complexity index is 575. The fourth-order valence-electron chi connectivity index (χ4n) is 3.92. The fraction of sp³-hybridized carbons (Fsp3) is 0.667. The second-order valence-corrected chi connectivity index (χ2v) is 8.13. The van der Waals surface area contributed by atoms with Crippen molar-refractivity contribution in [2.75, 3.05) is 22.9 Å². The molecule has 2 fully saturated rings. The molecule has 1 aromatic carbocycles. The highest BCUT2D eigenvalue weighted by atomic mass is 16.2.